The van der Waals surface area contributed by atoms with E-state index >= 15 is 0 Å². The number of methoxy groups -OCH3 is 1. The molecule has 80 valence electrons. The van der Waals surface area contributed by atoms with Gasteiger partial charge in [-0.15, -0.1) is 0 Å². The van der Waals surface area contributed by atoms with Crippen molar-refractivity contribution in [3.05, 3.63) is 24.0 Å². The second kappa shape index (κ2) is 3.86. The summed E-state index contributed by atoms with van der Waals surface area (Å²) in [5.74, 6) is -0.0000435. The van der Waals surface area contributed by atoms with E-state index in [1.165, 1.54) is 6.07 Å². The Morgan fingerprint density at radius 2 is 2.33 bits per heavy atom. The van der Waals surface area contributed by atoms with Gasteiger partial charge in [0.2, 0.25) is 5.95 Å². The van der Waals surface area contributed by atoms with E-state index in [0.29, 0.717) is 30.1 Å². The van der Waals surface area contributed by atoms with Crippen LogP contribution in [-0.2, 0) is 11.3 Å². The summed E-state index contributed by atoms with van der Waals surface area (Å²) < 4.78 is 20.1. The molecule has 0 aliphatic heterocycles. The molecule has 0 radical (unpaired) electrons. The van der Waals surface area contributed by atoms with Gasteiger partial charge in [-0.25, -0.2) is 9.37 Å². The standard InChI is InChI=1S/C10H12FN3O/c1-15-6-5-14-9-7(11)3-2-4-8(9)13-10(14)12/h2-4H,5-6H2,1H3,(H2,12,13). The molecule has 5 heteroatoms. The summed E-state index contributed by atoms with van der Waals surface area (Å²) in [4.78, 5) is 4.07. The average molecular weight is 209 g/mol. The highest BCUT2D eigenvalue weighted by atomic mass is 19.1. The van der Waals surface area contributed by atoms with Gasteiger partial charge in [0, 0.05) is 13.7 Å². The number of anilines is 1. The third kappa shape index (κ3) is 1.66. The topological polar surface area (TPSA) is 53.1 Å². The molecule has 0 atom stereocenters. The number of fused-ring (bicyclic) bond motifs is 1. The van der Waals surface area contributed by atoms with E-state index in [0.717, 1.165) is 0 Å². The Kier molecular flexibility index (Phi) is 2.55. The van der Waals surface area contributed by atoms with Crippen LogP contribution < -0.4 is 5.73 Å². The predicted molar refractivity (Wildman–Crippen MR) is 56.0 cm³/mol. The van der Waals surface area contributed by atoms with Gasteiger partial charge in [-0.2, -0.15) is 0 Å². The fraction of sp³-hybridized carbons (Fsp3) is 0.300. The summed E-state index contributed by atoms with van der Waals surface area (Å²) in [6.07, 6.45) is 0. The molecule has 0 saturated heterocycles. The lowest BCUT2D eigenvalue weighted by Gasteiger charge is -2.05. The summed E-state index contributed by atoms with van der Waals surface area (Å²) in [6, 6.07) is 4.75. The number of nitrogens with two attached hydrogens (primary N) is 1. The third-order valence-electron chi connectivity index (χ3n) is 2.27. The maximum Gasteiger partial charge on any atom is 0.201 e. The van der Waals surface area contributed by atoms with Crippen molar-refractivity contribution in [2.45, 2.75) is 6.54 Å². The van der Waals surface area contributed by atoms with Crippen molar-refractivity contribution in [1.29, 1.82) is 0 Å². The second-order valence-electron chi connectivity index (χ2n) is 3.22. The van der Waals surface area contributed by atoms with E-state index in [-0.39, 0.29) is 5.82 Å². The first-order valence-electron chi connectivity index (χ1n) is 4.63. The number of hydrogen-bond acceptors (Lipinski definition) is 3. The highest BCUT2D eigenvalue weighted by Crippen LogP contribution is 2.20. The van der Waals surface area contributed by atoms with E-state index in [1.807, 2.05) is 0 Å². The molecule has 1 aromatic heterocycles. The third-order valence-corrected chi connectivity index (χ3v) is 2.27. The predicted octanol–water partition coefficient (Wildman–Crippen LogP) is 1.40. The normalized spacial score (nSPS) is 11.1. The quantitative estimate of drug-likeness (QED) is 0.831. The smallest absolute Gasteiger partial charge is 0.201 e. The van der Waals surface area contributed by atoms with Crippen LogP contribution in [0, 0.1) is 5.82 Å². The van der Waals surface area contributed by atoms with Crippen LogP contribution in [0.2, 0.25) is 0 Å². The van der Waals surface area contributed by atoms with E-state index in [4.69, 9.17) is 10.5 Å². The van der Waals surface area contributed by atoms with Gasteiger partial charge in [0.05, 0.1) is 12.1 Å². The van der Waals surface area contributed by atoms with E-state index in [1.54, 1.807) is 23.8 Å². The zero-order chi connectivity index (χ0) is 10.8. The molecular weight excluding hydrogens is 197 g/mol. The molecule has 2 rings (SSSR count). The number of halogens is 1. The van der Waals surface area contributed by atoms with Crippen molar-refractivity contribution in [2.24, 2.45) is 0 Å². The van der Waals surface area contributed by atoms with Crippen LogP contribution >= 0.6 is 0 Å². The number of benzene rings is 1. The minimum Gasteiger partial charge on any atom is -0.383 e. The van der Waals surface area contributed by atoms with Gasteiger partial charge in [-0.1, -0.05) is 6.07 Å². The maximum atomic E-state index is 13.5. The number of ether oxygens (including phenoxy) is 1. The molecule has 2 N–H and O–H groups in total. The Bertz CT molecular complexity index is 481. The first kappa shape index (κ1) is 9.92. The van der Waals surface area contributed by atoms with Gasteiger partial charge in [0.1, 0.15) is 11.3 Å². The molecule has 15 heavy (non-hydrogen) atoms. The summed E-state index contributed by atoms with van der Waals surface area (Å²) in [5, 5.41) is 0. The van der Waals surface area contributed by atoms with Gasteiger partial charge in [-0.3, -0.25) is 0 Å². The van der Waals surface area contributed by atoms with Gasteiger partial charge in [-0.05, 0) is 12.1 Å². The number of aromatic nitrogens is 2. The average Bonchev–Trinajstić information content (AvgIpc) is 2.53. The van der Waals surface area contributed by atoms with E-state index in [9.17, 15) is 4.39 Å². The molecule has 0 fully saturated rings. The van der Waals surface area contributed by atoms with Crippen molar-refractivity contribution in [3.63, 3.8) is 0 Å². The Morgan fingerprint density at radius 1 is 1.53 bits per heavy atom. The number of para-hydroxylation sites is 1. The van der Waals surface area contributed by atoms with Crippen LogP contribution in [-0.4, -0.2) is 23.3 Å². The monoisotopic (exact) mass is 209 g/mol. The van der Waals surface area contributed by atoms with Crippen molar-refractivity contribution >= 4 is 17.0 Å². The number of nitrogens with zero attached hydrogens (tertiary/aromatic N) is 2. The van der Waals surface area contributed by atoms with Crippen LogP contribution in [0.15, 0.2) is 18.2 Å². The molecule has 4 nitrogen and oxygen atoms in total. The van der Waals surface area contributed by atoms with Crippen LogP contribution in [0.25, 0.3) is 11.0 Å². The molecule has 0 bridgehead atoms. The summed E-state index contributed by atoms with van der Waals surface area (Å²) >= 11 is 0. The van der Waals surface area contributed by atoms with Crippen LogP contribution in [0.4, 0.5) is 10.3 Å². The second-order valence-corrected chi connectivity index (χ2v) is 3.22. The molecule has 2 aromatic rings. The van der Waals surface area contributed by atoms with Crippen molar-refractivity contribution in [2.75, 3.05) is 19.5 Å². The molecule has 0 unspecified atom stereocenters. The lowest BCUT2D eigenvalue weighted by molar-refractivity contribution is 0.188. The fourth-order valence-electron chi connectivity index (χ4n) is 1.57. The Hall–Kier alpha value is -1.62. The number of imidazole rings is 1. The van der Waals surface area contributed by atoms with Gasteiger partial charge in [0.15, 0.2) is 0 Å². The van der Waals surface area contributed by atoms with E-state index in [2.05, 4.69) is 4.98 Å². The van der Waals surface area contributed by atoms with Gasteiger partial charge < -0.3 is 15.0 Å². The zero-order valence-corrected chi connectivity index (χ0v) is 8.40. The molecule has 1 heterocycles. The SMILES string of the molecule is COCCn1c(N)nc2cccc(F)c21. The number of hydrogen-bond donors (Lipinski definition) is 1. The minimum absolute atomic E-state index is 0.312. The Balaban J connectivity index is 2.55. The van der Waals surface area contributed by atoms with Crippen LogP contribution in [0.5, 0.6) is 0 Å². The molecular formula is C10H12FN3O. The molecule has 1 aromatic carbocycles. The maximum absolute atomic E-state index is 13.5. The lowest BCUT2D eigenvalue weighted by Crippen LogP contribution is -2.08. The molecule has 0 amide bonds. The molecule has 0 spiro atoms. The summed E-state index contributed by atoms with van der Waals surface area (Å²) in [7, 11) is 1.59. The highest BCUT2D eigenvalue weighted by molar-refractivity contribution is 5.78. The van der Waals surface area contributed by atoms with Gasteiger partial charge in [0.25, 0.3) is 0 Å². The minimum atomic E-state index is -0.312. The van der Waals surface area contributed by atoms with Crippen molar-refractivity contribution < 1.29 is 9.13 Å². The first-order chi connectivity index (χ1) is 7.24. The largest absolute Gasteiger partial charge is 0.383 e. The lowest BCUT2D eigenvalue weighted by atomic mass is 10.3. The summed E-state index contributed by atoms with van der Waals surface area (Å²) in [5.41, 5.74) is 6.70. The molecule has 0 aliphatic rings. The number of rotatable bonds is 3. The number of nitrogen functional groups attached to an aromatic ring is 1. The fourth-order valence-corrected chi connectivity index (χ4v) is 1.57. The Morgan fingerprint density at radius 3 is 3.07 bits per heavy atom. The van der Waals surface area contributed by atoms with Crippen LogP contribution in [0.1, 0.15) is 0 Å². The molecule has 0 saturated carbocycles. The van der Waals surface area contributed by atoms with Crippen molar-refractivity contribution in [1.82, 2.24) is 9.55 Å². The van der Waals surface area contributed by atoms with Crippen molar-refractivity contribution in [3.8, 4) is 0 Å². The summed E-state index contributed by atoms with van der Waals surface area (Å²) in [6.45, 7) is 0.976. The van der Waals surface area contributed by atoms with E-state index < -0.39 is 0 Å². The zero-order valence-electron chi connectivity index (χ0n) is 8.40. The Labute approximate surface area is 86.5 Å². The molecule has 0 aliphatic carbocycles. The van der Waals surface area contributed by atoms with Gasteiger partial charge >= 0.3 is 0 Å². The van der Waals surface area contributed by atoms with Crippen LogP contribution in [0.3, 0.4) is 0 Å². The highest BCUT2D eigenvalue weighted by Gasteiger charge is 2.11. The first-order valence-corrected chi connectivity index (χ1v) is 4.63.